The number of nitrogens with zero attached hydrogens (tertiary/aromatic N) is 1. The van der Waals surface area contributed by atoms with Gasteiger partial charge in [0.05, 0.1) is 5.52 Å². The summed E-state index contributed by atoms with van der Waals surface area (Å²) in [6.45, 7) is 4.54. The molecule has 0 fully saturated rings. The fourth-order valence-electron chi connectivity index (χ4n) is 4.98. The standard InChI is InChI=1S/C33H26N2/c1-2-3-4-5-10-22-35-32-17-9-7-13-28(32)29-15-11-14-27(33(29)35)26-21-20-25-19-18-24-12-6-8-16-30(24)34-31(25)23-26/h2-21,23,34H,1,22H2/b4-3-,10-5-. The van der Waals surface area contributed by atoms with E-state index in [-0.39, 0.29) is 0 Å². The zero-order chi connectivity index (χ0) is 23.6. The Kier molecular flexibility index (Phi) is 5.40. The van der Waals surface area contributed by atoms with Gasteiger partial charge in [0.1, 0.15) is 0 Å². The van der Waals surface area contributed by atoms with Crippen LogP contribution in [0.2, 0.25) is 0 Å². The second-order valence-corrected chi connectivity index (χ2v) is 8.73. The Morgan fingerprint density at radius 1 is 0.714 bits per heavy atom. The summed E-state index contributed by atoms with van der Waals surface area (Å²) in [7, 11) is 0. The number of nitrogens with one attached hydrogen (secondary N) is 1. The van der Waals surface area contributed by atoms with Gasteiger partial charge in [-0.3, -0.25) is 0 Å². The maximum Gasteiger partial charge on any atom is 0.0574 e. The van der Waals surface area contributed by atoms with Crippen molar-refractivity contribution < 1.29 is 0 Å². The molecule has 0 spiro atoms. The van der Waals surface area contributed by atoms with E-state index in [1.807, 2.05) is 12.2 Å². The number of rotatable bonds is 5. The largest absolute Gasteiger partial charge is 0.355 e. The van der Waals surface area contributed by atoms with Crippen LogP contribution in [0.1, 0.15) is 11.1 Å². The summed E-state index contributed by atoms with van der Waals surface area (Å²) in [6, 6.07) is 30.5. The molecule has 0 atom stereocenters. The normalized spacial score (nSPS) is 12.7. The van der Waals surface area contributed by atoms with Gasteiger partial charge in [-0.2, -0.15) is 0 Å². The van der Waals surface area contributed by atoms with E-state index in [1.165, 1.54) is 44.1 Å². The van der Waals surface area contributed by atoms with E-state index in [2.05, 4.69) is 126 Å². The summed E-state index contributed by atoms with van der Waals surface area (Å²) in [5.74, 6) is 0. The molecule has 1 aromatic heterocycles. The van der Waals surface area contributed by atoms with Crippen LogP contribution < -0.4 is 5.32 Å². The van der Waals surface area contributed by atoms with Crippen LogP contribution >= 0.6 is 0 Å². The Balaban J connectivity index is 1.52. The number of benzene rings is 4. The van der Waals surface area contributed by atoms with Gasteiger partial charge in [-0.1, -0.05) is 116 Å². The van der Waals surface area contributed by atoms with Crippen molar-refractivity contribution in [3.05, 3.63) is 133 Å². The van der Waals surface area contributed by atoms with Gasteiger partial charge in [0.25, 0.3) is 0 Å². The van der Waals surface area contributed by atoms with Crippen LogP contribution in [-0.2, 0) is 6.54 Å². The SMILES string of the molecule is C=C/C=C\C=C/Cn1c2ccccc2c2cccc(-c3ccc4c(c3)Nc3ccccc3C=C4)c21. The van der Waals surface area contributed by atoms with Gasteiger partial charge >= 0.3 is 0 Å². The predicted octanol–water partition coefficient (Wildman–Crippen LogP) is 8.99. The number of para-hydroxylation sites is 3. The van der Waals surface area contributed by atoms with Crippen LogP contribution in [0.25, 0.3) is 45.1 Å². The Labute approximate surface area is 205 Å². The third kappa shape index (κ3) is 3.79. The summed E-state index contributed by atoms with van der Waals surface area (Å²) in [6.07, 6.45) is 14.4. The maximum atomic E-state index is 3.75. The smallest absolute Gasteiger partial charge is 0.0574 e. The summed E-state index contributed by atoms with van der Waals surface area (Å²) < 4.78 is 2.42. The van der Waals surface area contributed by atoms with E-state index in [4.69, 9.17) is 0 Å². The molecule has 4 aromatic carbocycles. The molecule has 0 amide bonds. The van der Waals surface area contributed by atoms with Crippen LogP contribution in [0.3, 0.4) is 0 Å². The quantitative estimate of drug-likeness (QED) is 0.259. The summed E-state index contributed by atoms with van der Waals surface area (Å²) >= 11 is 0. The molecule has 6 rings (SSSR count). The van der Waals surface area contributed by atoms with Gasteiger partial charge in [0, 0.05) is 39.8 Å². The Bertz CT molecular complexity index is 1660. The highest BCUT2D eigenvalue weighted by Gasteiger charge is 2.16. The first kappa shape index (κ1) is 21.0. The number of hydrogen-bond donors (Lipinski definition) is 1. The number of anilines is 2. The molecule has 0 aliphatic carbocycles. The Morgan fingerprint density at radius 2 is 1.51 bits per heavy atom. The number of allylic oxidation sites excluding steroid dienone is 5. The van der Waals surface area contributed by atoms with Gasteiger partial charge in [-0.15, -0.1) is 0 Å². The molecule has 0 saturated heterocycles. The Hall–Kier alpha value is -4.56. The lowest BCUT2D eigenvalue weighted by Gasteiger charge is -2.14. The van der Waals surface area contributed by atoms with Gasteiger partial charge in [-0.05, 0) is 34.9 Å². The molecule has 0 saturated carbocycles. The van der Waals surface area contributed by atoms with Crippen molar-refractivity contribution in [2.45, 2.75) is 6.54 Å². The molecule has 1 N–H and O–H groups in total. The molecule has 2 nitrogen and oxygen atoms in total. The molecular formula is C33H26N2. The average molecular weight is 451 g/mol. The van der Waals surface area contributed by atoms with Crippen molar-refractivity contribution in [3.63, 3.8) is 0 Å². The first-order valence-corrected chi connectivity index (χ1v) is 12.0. The van der Waals surface area contributed by atoms with Crippen molar-refractivity contribution in [1.82, 2.24) is 4.57 Å². The maximum absolute atomic E-state index is 3.75. The van der Waals surface area contributed by atoms with Crippen molar-refractivity contribution in [2.24, 2.45) is 0 Å². The third-order valence-electron chi connectivity index (χ3n) is 6.61. The first-order chi connectivity index (χ1) is 17.3. The monoisotopic (exact) mass is 450 g/mol. The molecule has 1 aliphatic rings. The minimum Gasteiger partial charge on any atom is -0.355 e. The molecule has 5 aromatic rings. The van der Waals surface area contributed by atoms with E-state index in [1.54, 1.807) is 6.08 Å². The zero-order valence-corrected chi connectivity index (χ0v) is 19.5. The molecule has 2 heterocycles. The second kappa shape index (κ2) is 9.00. The molecular weight excluding hydrogens is 424 g/mol. The van der Waals surface area contributed by atoms with E-state index in [9.17, 15) is 0 Å². The highest BCUT2D eigenvalue weighted by molar-refractivity contribution is 6.13. The van der Waals surface area contributed by atoms with Crippen LogP contribution in [0.5, 0.6) is 0 Å². The lowest BCUT2D eigenvalue weighted by Crippen LogP contribution is -1.97. The molecule has 168 valence electrons. The fourth-order valence-corrected chi connectivity index (χ4v) is 4.98. The molecule has 1 aliphatic heterocycles. The highest BCUT2D eigenvalue weighted by Crippen LogP contribution is 2.39. The number of aromatic nitrogens is 1. The van der Waals surface area contributed by atoms with E-state index in [0.29, 0.717) is 0 Å². The minimum atomic E-state index is 0.793. The number of hydrogen-bond acceptors (Lipinski definition) is 1. The van der Waals surface area contributed by atoms with Gasteiger partial charge in [0.15, 0.2) is 0 Å². The fraction of sp³-hybridized carbons (Fsp3) is 0.0303. The van der Waals surface area contributed by atoms with Crippen molar-refractivity contribution >= 4 is 45.3 Å². The molecule has 35 heavy (non-hydrogen) atoms. The van der Waals surface area contributed by atoms with Crippen LogP contribution in [-0.4, -0.2) is 4.57 Å². The molecule has 0 unspecified atom stereocenters. The predicted molar refractivity (Wildman–Crippen MR) is 152 cm³/mol. The van der Waals surface area contributed by atoms with Crippen LogP contribution in [0.15, 0.2) is 122 Å². The molecule has 0 radical (unpaired) electrons. The molecule has 0 bridgehead atoms. The van der Waals surface area contributed by atoms with E-state index >= 15 is 0 Å². The zero-order valence-electron chi connectivity index (χ0n) is 19.5. The van der Waals surface area contributed by atoms with Gasteiger partial charge in [0.2, 0.25) is 0 Å². The van der Waals surface area contributed by atoms with E-state index in [0.717, 1.165) is 17.9 Å². The highest BCUT2D eigenvalue weighted by atomic mass is 15.0. The van der Waals surface area contributed by atoms with E-state index < -0.39 is 0 Å². The minimum absolute atomic E-state index is 0.793. The third-order valence-corrected chi connectivity index (χ3v) is 6.61. The Morgan fingerprint density at radius 3 is 2.43 bits per heavy atom. The van der Waals surface area contributed by atoms with Gasteiger partial charge < -0.3 is 9.88 Å². The van der Waals surface area contributed by atoms with Gasteiger partial charge in [-0.25, -0.2) is 0 Å². The molecule has 2 heteroatoms. The second-order valence-electron chi connectivity index (χ2n) is 8.73. The van der Waals surface area contributed by atoms with Crippen LogP contribution in [0, 0.1) is 0 Å². The lowest BCUT2D eigenvalue weighted by molar-refractivity contribution is 0.899. The van der Waals surface area contributed by atoms with Crippen molar-refractivity contribution in [2.75, 3.05) is 5.32 Å². The van der Waals surface area contributed by atoms with Crippen LogP contribution in [0.4, 0.5) is 11.4 Å². The lowest BCUT2D eigenvalue weighted by atomic mass is 9.99. The number of fused-ring (bicyclic) bond motifs is 5. The topological polar surface area (TPSA) is 17.0 Å². The first-order valence-electron chi connectivity index (χ1n) is 12.0. The summed E-state index contributed by atoms with van der Waals surface area (Å²) in [5.41, 5.74) is 9.59. The van der Waals surface area contributed by atoms with Crippen molar-refractivity contribution in [1.29, 1.82) is 0 Å². The van der Waals surface area contributed by atoms with Crippen molar-refractivity contribution in [3.8, 4) is 11.1 Å². The summed E-state index contributed by atoms with van der Waals surface area (Å²) in [5, 5.41) is 6.22. The summed E-state index contributed by atoms with van der Waals surface area (Å²) in [4.78, 5) is 0. The average Bonchev–Trinajstić information content (AvgIpc) is 3.09.